The van der Waals surface area contributed by atoms with E-state index in [1.807, 2.05) is 0 Å². The van der Waals surface area contributed by atoms with Gasteiger partial charge in [0.25, 0.3) is 0 Å². The molecule has 0 aromatic heterocycles. The van der Waals surface area contributed by atoms with E-state index in [9.17, 15) is 18.3 Å². The van der Waals surface area contributed by atoms with Crippen LogP contribution in [0.4, 0.5) is 13.2 Å². The number of aliphatic hydroxyl groups excluding tert-OH is 1. The number of aliphatic hydroxyl groups is 1. The van der Waals surface area contributed by atoms with E-state index < -0.39 is 11.7 Å². The molecule has 1 N–H and O–H groups in total. The van der Waals surface area contributed by atoms with Crippen LogP contribution in [0.15, 0.2) is 79.1 Å². The van der Waals surface area contributed by atoms with E-state index in [2.05, 4.69) is 25.3 Å². The molecule has 0 fully saturated rings. The molecule has 4 nitrogen and oxygen atoms in total. The number of benzene rings is 3. The second-order valence-electron chi connectivity index (χ2n) is 7.48. The van der Waals surface area contributed by atoms with Crippen molar-refractivity contribution in [1.29, 1.82) is 0 Å². The summed E-state index contributed by atoms with van der Waals surface area (Å²) in [5.41, 5.74) is 0.366. The minimum Gasteiger partial charge on any atom is -0.513 e. The number of alkyl halides is 3. The predicted molar refractivity (Wildman–Crippen MR) is 127 cm³/mol. The summed E-state index contributed by atoms with van der Waals surface area (Å²) in [6, 6.07) is 16.6. The molecule has 0 aliphatic heterocycles. The zero-order chi connectivity index (χ0) is 25.1. The van der Waals surface area contributed by atoms with Crippen LogP contribution >= 0.6 is 0 Å². The van der Waals surface area contributed by atoms with Gasteiger partial charge in [0.1, 0.15) is 11.5 Å². The Morgan fingerprint density at radius 2 is 1.56 bits per heavy atom. The van der Waals surface area contributed by atoms with Gasteiger partial charge in [-0.2, -0.15) is 18.1 Å². The number of unbranched alkanes of at least 4 members (excludes halogenated alkanes) is 1. The molecule has 3 rings (SSSR count). The molecule has 3 aromatic rings. The van der Waals surface area contributed by atoms with E-state index in [1.54, 1.807) is 42.5 Å². The lowest BCUT2D eigenvalue weighted by Gasteiger charge is -2.14. The first-order valence-electron chi connectivity index (χ1n) is 10.8. The van der Waals surface area contributed by atoms with Crippen molar-refractivity contribution in [3.8, 4) is 28.4 Å². The van der Waals surface area contributed by atoms with Crippen LogP contribution in [-0.2, 0) is 17.5 Å². The smallest absolute Gasteiger partial charge is 0.417 e. The van der Waals surface area contributed by atoms with Crippen molar-refractivity contribution in [2.75, 3.05) is 7.11 Å². The number of hydrogen-bond donors (Lipinski definition) is 1. The van der Waals surface area contributed by atoms with E-state index >= 15 is 0 Å². The molecule has 0 atom stereocenters. The predicted octanol–water partition coefficient (Wildman–Crippen LogP) is 8.53. The maximum absolute atomic E-state index is 13.4. The fourth-order valence-electron chi connectivity index (χ4n) is 3.02. The molecule has 34 heavy (non-hydrogen) atoms. The van der Waals surface area contributed by atoms with Crippen LogP contribution in [0, 0.1) is 0 Å². The Morgan fingerprint density at radius 3 is 2.18 bits per heavy atom. The second-order valence-corrected chi connectivity index (χ2v) is 7.48. The third-order valence-corrected chi connectivity index (χ3v) is 4.64. The van der Waals surface area contributed by atoms with E-state index in [4.69, 9.17) is 9.62 Å². The summed E-state index contributed by atoms with van der Waals surface area (Å²) in [7, 11) is 1.35. The van der Waals surface area contributed by atoms with Gasteiger partial charge in [0.15, 0.2) is 5.75 Å². The Hall–Kier alpha value is -3.45. The molecule has 0 amide bonds. The minimum absolute atomic E-state index is 0.0405. The highest BCUT2D eigenvalue weighted by Gasteiger charge is 2.33. The van der Waals surface area contributed by atoms with Gasteiger partial charge in [-0.15, -0.1) is 0 Å². The molecular formula is C27H29F3O4. The summed E-state index contributed by atoms with van der Waals surface area (Å²) in [4.78, 5) is 9.70. The van der Waals surface area contributed by atoms with Gasteiger partial charge in [-0.25, -0.2) is 0 Å². The van der Waals surface area contributed by atoms with Gasteiger partial charge in [0.2, 0.25) is 0 Å². The largest absolute Gasteiger partial charge is 0.513 e. The van der Waals surface area contributed by atoms with Gasteiger partial charge >= 0.3 is 6.18 Å². The van der Waals surface area contributed by atoms with Crippen molar-refractivity contribution in [2.24, 2.45) is 0 Å². The van der Waals surface area contributed by atoms with Gasteiger partial charge in [-0.3, -0.25) is 0 Å². The summed E-state index contributed by atoms with van der Waals surface area (Å²) in [5, 5.41) is 9.46. The van der Waals surface area contributed by atoms with Gasteiger partial charge in [0.05, 0.1) is 18.4 Å². The van der Waals surface area contributed by atoms with Crippen LogP contribution in [0.2, 0.25) is 0 Å². The van der Waals surface area contributed by atoms with Crippen LogP contribution < -0.4 is 9.62 Å². The number of halogens is 3. The fourth-order valence-corrected chi connectivity index (χ4v) is 3.02. The zero-order valence-corrected chi connectivity index (χ0v) is 19.5. The monoisotopic (exact) mass is 474 g/mol. The van der Waals surface area contributed by atoms with Crippen LogP contribution in [0.1, 0.15) is 37.8 Å². The number of rotatable bonds is 8. The molecule has 0 radical (unpaired) electrons. The molecule has 0 bridgehead atoms. The molecular weight excluding hydrogens is 445 g/mol. The maximum atomic E-state index is 13.4. The SMILES string of the molecule is C=C(O)Cc1cc(OOC)cc(Oc2cccc(-c3ccccc3C(F)(F)F)c2)c1.CCCC. The van der Waals surface area contributed by atoms with Gasteiger partial charge in [0, 0.05) is 12.5 Å². The molecule has 0 saturated carbocycles. The van der Waals surface area contributed by atoms with E-state index in [0.717, 1.165) is 6.07 Å². The molecule has 0 saturated heterocycles. The fraction of sp³-hybridized carbons (Fsp3) is 0.259. The van der Waals surface area contributed by atoms with Crippen molar-refractivity contribution >= 4 is 0 Å². The van der Waals surface area contributed by atoms with E-state index in [1.165, 1.54) is 38.2 Å². The first-order chi connectivity index (χ1) is 16.2. The van der Waals surface area contributed by atoms with Crippen LogP contribution in [0.25, 0.3) is 11.1 Å². The minimum atomic E-state index is -4.47. The van der Waals surface area contributed by atoms with Crippen molar-refractivity contribution in [3.05, 3.63) is 90.2 Å². The van der Waals surface area contributed by atoms with E-state index in [-0.39, 0.29) is 17.7 Å². The first kappa shape index (κ1) is 26.8. The summed E-state index contributed by atoms with van der Waals surface area (Å²) < 4.78 is 45.9. The van der Waals surface area contributed by atoms with Gasteiger partial charge < -0.3 is 14.7 Å². The Kier molecular flexibility index (Phi) is 10.0. The molecule has 3 aromatic carbocycles. The van der Waals surface area contributed by atoms with Crippen molar-refractivity contribution < 1.29 is 32.8 Å². The summed E-state index contributed by atoms with van der Waals surface area (Å²) in [5.74, 6) is 1.00. The Labute approximate surface area is 198 Å². The highest BCUT2D eigenvalue weighted by Crippen LogP contribution is 2.38. The number of ether oxygens (including phenoxy) is 1. The quantitative estimate of drug-likeness (QED) is 0.202. The lowest BCUT2D eigenvalue weighted by atomic mass is 9.99. The van der Waals surface area contributed by atoms with Crippen LogP contribution in [0.5, 0.6) is 17.2 Å². The molecule has 0 aliphatic rings. The van der Waals surface area contributed by atoms with Crippen molar-refractivity contribution in [3.63, 3.8) is 0 Å². The molecule has 7 heteroatoms. The third-order valence-electron chi connectivity index (χ3n) is 4.64. The summed E-state index contributed by atoms with van der Waals surface area (Å²) in [6.45, 7) is 7.82. The average molecular weight is 475 g/mol. The molecule has 0 heterocycles. The molecule has 0 aliphatic carbocycles. The van der Waals surface area contributed by atoms with Gasteiger partial charge in [-0.05, 0) is 47.0 Å². The summed E-state index contributed by atoms with van der Waals surface area (Å²) >= 11 is 0. The standard InChI is InChI=1S/C23H19F3O4.C4H10/c1-15(27)10-16-11-19(14-20(12-16)30-28-2)29-18-7-5-6-17(13-18)21-8-3-4-9-22(21)23(24,25)26;1-3-4-2/h3-9,11-14,27H,1,10H2,2H3;3-4H2,1-2H3. The van der Waals surface area contributed by atoms with Crippen LogP contribution in [0.3, 0.4) is 0 Å². The topological polar surface area (TPSA) is 47.9 Å². The molecule has 0 unspecified atom stereocenters. The summed E-state index contributed by atoms with van der Waals surface area (Å²) in [6.07, 6.45) is -1.66. The highest BCUT2D eigenvalue weighted by molar-refractivity contribution is 5.69. The Morgan fingerprint density at radius 1 is 0.882 bits per heavy atom. The highest BCUT2D eigenvalue weighted by atomic mass is 19.4. The van der Waals surface area contributed by atoms with Crippen molar-refractivity contribution in [2.45, 2.75) is 39.3 Å². The first-order valence-corrected chi connectivity index (χ1v) is 10.8. The Balaban J connectivity index is 0.000000945. The second kappa shape index (κ2) is 12.7. The van der Waals surface area contributed by atoms with Gasteiger partial charge in [-0.1, -0.05) is 63.6 Å². The maximum Gasteiger partial charge on any atom is 0.417 e. The molecule has 182 valence electrons. The van der Waals surface area contributed by atoms with Crippen molar-refractivity contribution in [1.82, 2.24) is 0 Å². The lowest BCUT2D eigenvalue weighted by molar-refractivity contribution is -0.178. The molecule has 0 spiro atoms. The zero-order valence-electron chi connectivity index (χ0n) is 19.5. The average Bonchev–Trinajstić information content (AvgIpc) is 2.78. The van der Waals surface area contributed by atoms with E-state index in [0.29, 0.717) is 28.4 Å². The number of hydrogen-bond acceptors (Lipinski definition) is 4. The lowest BCUT2D eigenvalue weighted by Crippen LogP contribution is -2.06. The number of allylic oxidation sites excluding steroid dienone is 1. The van der Waals surface area contributed by atoms with Crippen LogP contribution in [-0.4, -0.2) is 12.2 Å². The Bertz CT molecular complexity index is 1080. The third kappa shape index (κ3) is 8.15. The normalized spacial score (nSPS) is 10.8.